The lowest BCUT2D eigenvalue weighted by Gasteiger charge is -2.25. The zero-order valence-corrected chi connectivity index (χ0v) is 12.6. The van der Waals surface area contributed by atoms with Gasteiger partial charge < -0.3 is 4.74 Å². The van der Waals surface area contributed by atoms with Gasteiger partial charge in [0.05, 0.1) is 16.1 Å². The highest BCUT2D eigenvalue weighted by Crippen LogP contribution is 2.22. The zero-order chi connectivity index (χ0) is 11.5. The van der Waals surface area contributed by atoms with E-state index in [0.717, 1.165) is 5.75 Å². The molecular weight excluding hydrogens is 406 g/mol. The van der Waals surface area contributed by atoms with Gasteiger partial charge in [0.15, 0.2) is 9.49 Å². The largest absolute Gasteiger partial charge is 0.450 e. The quantitative estimate of drug-likeness (QED) is 0.552. The SMILES string of the molecule is BrC1=NC(Oc2ccccc2)N(Br)C(Br)=N1. The molecule has 84 valence electrons. The molecule has 0 amide bonds. The molecule has 0 fully saturated rings. The van der Waals surface area contributed by atoms with Crippen molar-refractivity contribution < 1.29 is 4.74 Å². The Morgan fingerprint density at radius 1 is 1.19 bits per heavy atom. The molecule has 0 radical (unpaired) electrons. The summed E-state index contributed by atoms with van der Waals surface area (Å²) in [5.41, 5.74) is 0. The summed E-state index contributed by atoms with van der Waals surface area (Å²) in [5.74, 6) is 0.739. The number of amidine groups is 2. The minimum Gasteiger partial charge on any atom is -0.450 e. The summed E-state index contributed by atoms with van der Waals surface area (Å²) in [6, 6.07) is 9.46. The molecule has 2 rings (SSSR count). The van der Waals surface area contributed by atoms with E-state index in [-0.39, 0.29) is 0 Å². The van der Waals surface area contributed by atoms with E-state index < -0.39 is 6.35 Å². The summed E-state index contributed by atoms with van der Waals surface area (Å²) in [4.78, 5) is 8.24. The predicted molar refractivity (Wildman–Crippen MR) is 74.3 cm³/mol. The average molecular weight is 412 g/mol. The highest BCUT2D eigenvalue weighted by Gasteiger charge is 2.24. The van der Waals surface area contributed by atoms with Gasteiger partial charge in [0.1, 0.15) is 5.75 Å². The van der Waals surface area contributed by atoms with Crippen molar-refractivity contribution in [2.24, 2.45) is 9.98 Å². The van der Waals surface area contributed by atoms with Gasteiger partial charge in [0.25, 0.3) is 6.35 Å². The molecule has 0 spiro atoms. The number of hydrogen-bond acceptors (Lipinski definition) is 4. The molecule has 0 aliphatic carbocycles. The van der Waals surface area contributed by atoms with Crippen molar-refractivity contribution in [1.82, 2.24) is 3.93 Å². The van der Waals surface area contributed by atoms with Crippen LogP contribution in [0, 0.1) is 0 Å². The summed E-state index contributed by atoms with van der Waals surface area (Å²) in [5, 5.41) is 0. The number of nitrogens with zero attached hydrogens (tertiary/aromatic N) is 3. The summed E-state index contributed by atoms with van der Waals surface area (Å²) in [6.45, 7) is 0. The van der Waals surface area contributed by atoms with Crippen LogP contribution in [-0.4, -0.2) is 19.8 Å². The van der Waals surface area contributed by atoms with Gasteiger partial charge in [-0.1, -0.05) is 18.2 Å². The van der Waals surface area contributed by atoms with Gasteiger partial charge in [0, 0.05) is 0 Å². The van der Waals surface area contributed by atoms with E-state index in [9.17, 15) is 0 Å². The lowest BCUT2D eigenvalue weighted by atomic mass is 10.3. The average Bonchev–Trinajstić information content (AvgIpc) is 2.27. The lowest BCUT2D eigenvalue weighted by molar-refractivity contribution is 0.149. The molecule has 0 saturated carbocycles. The van der Waals surface area contributed by atoms with E-state index in [1.54, 1.807) is 3.93 Å². The Hall–Kier alpha value is -0.400. The fourth-order valence-electron chi connectivity index (χ4n) is 1.08. The minimum absolute atomic E-state index is 0.482. The fraction of sp³-hybridized carbons (Fsp3) is 0.111. The Morgan fingerprint density at radius 2 is 1.88 bits per heavy atom. The maximum atomic E-state index is 5.66. The first kappa shape index (κ1) is 12.1. The number of hydrogen-bond donors (Lipinski definition) is 0. The monoisotopic (exact) mass is 409 g/mol. The summed E-state index contributed by atoms with van der Waals surface area (Å²) < 4.78 is 8.34. The summed E-state index contributed by atoms with van der Waals surface area (Å²) >= 11 is 9.81. The summed E-state index contributed by atoms with van der Waals surface area (Å²) in [6.07, 6.45) is -0.497. The second-order valence-electron chi connectivity index (χ2n) is 2.85. The van der Waals surface area contributed by atoms with Crippen LogP contribution in [0.1, 0.15) is 0 Å². The van der Waals surface area contributed by atoms with Crippen LogP contribution in [0.15, 0.2) is 40.3 Å². The molecule has 4 nitrogen and oxygen atoms in total. The Balaban J connectivity index is 2.14. The number of rotatable bonds is 2. The first-order valence-corrected chi connectivity index (χ1v) is 6.60. The fourth-order valence-corrected chi connectivity index (χ4v) is 2.26. The molecule has 1 unspecified atom stereocenters. The van der Waals surface area contributed by atoms with Crippen molar-refractivity contribution in [3.63, 3.8) is 0 Å². The van der Waals surface area contributed by atoms with Gasteiger partial charge in [0.2, 0.25) is 0 Å². The van der Waals surface area contributed by atoms with Gasteiger partial charge >= 0.3 is 0 Å². The number of aliphatic imine (C=N–C) groups is 2. The molecule has 16 heavy (non-hydrogen) atoms. The number of para-hydroxylation sites is 1. The van der Waals surface area contributed by atoms with Gasteiger partial charge in [-0.15, -0.1) is 0 Å². The first-order valence-electron chi connectivity index (χ1n) is 4.31. The van der Waals surface area contributed by atoms with Crippen LogP contribution in [-0.2, 0) is 0 Å². The van der Waals surface area contributed by atoms with Crippen molar-refractivity contribution in [2.45, 2.75) is 6.35 Å². The van der Waals surface area contributed by atoms with E-state index in [4.69, 9.17) is 4.74 Å². The Kier molecular flexibility index (Phi) is 3.99. The maximum Gasteiger partial charge on any atom is 0.284 e. The molecule has 1 heterocycles. The van der Waals surface area contributed by atoms with Crippen LogP contribution in [0.25, 0.3) is 0 Å². The van der Waals surface area contributed by atoms with E-state index >= 15 is 0 Å². The molecule has 1 aromatic carbocycles. The number of benzene rings is 1. The molecule has 0 bridgehead atoms. The van der Waals surface area contributed by atoms with Crippen LogP contribution in [0.5, 0.6) is 5.75 Å². The van der Waals surface area contributed by atoms with Gasteiger partial charge in [-0.2, -0.15) is 9.98 Å². The third-order valence-corrected chi connectivity index (χ3v) is 3.86. The topological polar surface area (TPSA) is 37.2 Å². The zero-order valence-electron chi connectivity index (χ0n) is 7.85. The van der Waals surface area contributed by atoms with Crippen LogP contribution in [0.3, 0.4) is 0 Å². The molecule has 0 saturated heterocycles. The van der Waals surface area contributed by atoms with Crippen molar-refractivity contribution >= 4 is 57.5 Å². The molecule has 1 aromatic rings. The molecule has 0 N–H and O–H groups in total. The first-order chi connectivity index (χ1) is 7.66. The number of halogens is 3. The predicted octanol–water partition coefficient (Wildman–Crippen LogP) is 3.48. The molecule has 1 aliphatic heterocycles. The van der Waals surface area contributed by atoms with Crippen molar-refractivity contribution in [3.8, 4) is 5.75 Å². The molecule has 1 atom stereocenters. The smallest absolute Gasteiger partial charge is 0.284 e. The standard InChI is InChI=1S/C9H6Br3N3O/c10-7-13-8(11)15(12)9(14-7)16-6-4-2-1-3-5-6/h1-5,9H. The lowest BCUT2D eigenvalue weighted by Crippen LogP contribution is -2.36. The maximum absolute atomic E-state index is 5.66. The highest BCUT2D eigenvalue weighted by molar-refractivity contribution is 9.20. The van der Waals surface area contributed by atoms with Crippen molar-refractivity contribution in [2.75, 3.05) is 0 Å². The van der Waals surface area contributed by atoms with E-state index in [0.29, 0.717) is 9.49 Å². The highest BCUT2D eigenvalue weighted by atomic mass is 79.9. The Bertz CT molecular complexity index is 435. The Labute approximate surface area is 118 Å². The third-order valence-electron chi connectivity index (χ3n) is 1.76. The van der Waals surface area contributed by atoms with E-state index in [2.05, 4.69) is 58.0 Å². The van der Waals surface area contributed by atoms with E-state index in [1.807, 2.05) is 30.3 Å². The van der Waals surface area contributed by atoms with Gasteiger partial charge in [-0.25, -0.2) is 3.93 Å². The third kappa shape index (κ3) is 2.83. The van der Waals surface area contributed by atoms with Gasteiger partial charge in [-0.05, 0) is 44.0 Å². The van der Waals surface area contributed by atoms with Crippen molar-refractivity contribution in [3.05, 3.63) is 30.3 Å². The van der Waals surface area contributed by atoms with Crippen LogP contribution < -0.4 is 4.74 Å². The molecule has 0 aromatic heterocycles. The van der Waals surface area contributed by atoms with Crippen molar-refractivity contribution in [1.29, 1.82) is 0 Å². The second kappa shape index (κ2) is 5.29. The van der Waals surface area contributed by atoms with Gasteiger partial charge in [-0.3, -0.25) is 0 Å². The normalized spacial score (nSPS) is 20.2. The van der Waals surface area contributed by atoms with Crippen LogP contribution in [0.4, 0.5) is 0 Å². The van der Waals surface area contributed by atoms with Crippen LogP contribution in [0.2, 0.25) is 0 Å². The minimum atomic E-state index is -0.497. The summed E-state index contributed by atoms with van der Waals surface area (Å²) in [7, 11) is 0. The molecular formula is C9H6Br3N3O. The van der Waals surface area contributed by atoms with E-state index in [1.165, 1.54) is 0 Å². The van der Waals surface area contributed by atoms with Crippen LogP contribution >= 0.6 is 48.0 Å². The second-order valence-corrected chi connectivity index (χ2v) is 5.03. The number of ether oxygens (including phenoxy) is 1. The molecule has 7 heteroatoms. The Morgan fingerprint density at radius 3 is 2.56 bits per heavy atom. The molecule has 1 aliphatic rings.